The Kier molecular flexibility index (Phi) is 9.52. The van der Waals surface area contributed by atoms with E-state index >= 15 is 0 Å². The van der Waals surface area contributed by atoms with Gasteiger partial charge >= 0.3 is 0 Å². The molecule has 6 nitrogen and oxygen atoms in total. The van der Waals surface area contributed by atoms with E-state index in [1.165, 1.54) is 0 Å². The Morgan fingerprint density at radius 2 is 1.65 bits per heavy atom. The van der Waals surface area contributed by atoms with Crippen LogP contribution in [0.5, 0.6) is 11.5 Å². The first-order valence-electron chi connectivity index (χ1n) is 11.1. The third-order valence-corrected chi connectivity index (χ3v) is 5.81. The Bertz CT molecular complexity index is 1070. The number of rotatable bonds is 11. The van der Waals surface area contributed by atoms with Gasteiger partial charge in [-0.25, -0.2) is 0 Å². The zero-order valence-corrected chi connectivity index (χ0v) is 21.0. The van der Waals surface area contributed by atoms with Crippen LogP contribution in [-0.2, 0) is 22.6 Å². The number of nitrogens with one attached hydrogen (secondary N) is 1. The lowest BCUT2D eigenvalue weighted by Crippen LogP contribution is -2.51. The van der Waals surface area contributed by atoms with Gasteiger partial charge in [-0.05, 0) is 54.4 Å². The topological polar surface area (TPSA) is 67.9 Å². The first-order valence-corrected chi connectivity index (χ1v) is 11.9. The highest BCUT2D eigenvalue weighted by Crippen LogP contribution is 2.20. The molecule has 34 heavy (non-hydrogen) atoms. The zero-order chi connectivity index (χ0) is 24.3. The highest BCUT2D eigenvalue weighted by molar-refractivity contribution is 9.10. The first-order chi connectivity index (χ1) is 16.5. The second-order valence-corrected chi connectivity index (χ2v) is 8.63. The summed E-state index contributed by atoms with van der Waals surface area (Å²) >= 11 is 3.39. The van der Waals surface area contributed by atoms with Gasteiger partial charge < -0.3 is 19.7 Å². The zero-order valence-electron chi connectivity index (χ0n) is 19.4. The molecule has 178 valence electrons. The summed E-state index contributed by atoms with van der Waals surface area (Å²) in [6.45, 7) is 2.40. The summed E-state index contributed by atoms with van der Waals surface area (Å²) in [5.74, 6) is 0.785. The minimum absolute atomic E-state index is 0.184. The highest BCUT2D eigenvalue weighted by atomic mass is 79.9. The molecule has 0 fully saturated rings. The Balaban J connectivity index is 1.89. The van der Waals surface area contributed by atoms with Crippen molar-refractivity contribution in [1.29, 1.82) is 0 Å². The van der Waals surface area contributed by atoms with Crippen molar-refractivity contribution in [3.63, 3.8) is 0 Å². The maximum Gasteiger partial charge on any atom is 0.261 e. The lowest BCUT2D eigenvalue weighted by atomic mass is 10.0. The van der Waals surface area contributed by atoms with Gasteiger partial charge in [-0.1, -0.05) is 58.4 Å². The molecule has 0 bridgehead atoms. The van der Waals surface area contributed by atoms with Crippen LogP contribution in [0.4, 0.5) is 0 Å². The number of hydrogen-bond acceptors (Lipinski definition) is 4. The summed E-state index contributed by atoms with van der Waals surface area (Å²) in [7, 11) is 1.60. The summed E-state index contributed by atoms with van der Waals surface area (Å²) < 4.78 is 12.0. The van der Waals surface area contributed by atoms with Crippen molar-refractivity contribution < 1.29 is 19.1 Å². The van der Waals surface area contributed by atoms with E-state index in [0.717, 1.165) is 15.6 Å². The molecule has 2 amide bonds. The maximum atomic E-state index is 13.5. The van der Waals surface area contributed by atoms with Crippen LogP contribution < -0.4 is 14.8 Å². The lowest BCUT2D eigenvalue weighted by Gasteiger charge is -2.31. The summed E-state index contributed by atoms with van der Waals surface area (Å²) in [5.41, 5.74) is 1.83. The molecule has 3 aromatic carbocycles. The predicted molar refractivity (Wildman–Crippen MR) is 136 cm³/mol. The second kappa shape index (κ2) is 12.8. The Morgan fingerprint density at radius 3 is 2.32 bits per heavy atom. The number of likely N-dealkylation sites (N-methyl/N-ethyl adjacent to an activating group) is 1. The van der Waals surface area contributed by atoms with Gasteiger partial charge in [0.15, 0.2) is 6.61 Å². The molecule has 1 N–H and O–H groups in total. The number of carbonyl (C=O) groups excluding carboxylic acids is 2. The van der Waals surface area contributed by atoms with Crippen molar-refractivity contribution in [2.45, 2.75) is 25.9 Å². The number of methoxy groups -OCH3 is 1. The molecule has 1 unspecified atom stereocenters. The third kappa shape index (κ3) is 7.35. The van der Waals surface area contributed by atoms with Crippen molar-refractivity contribution >= 4 is 27.7 Å². The van der Waals surface area contributed by atoms with Crippen LogP contribution in [0.15, 0.2) is 83.3 Å². The third-order valence-electron chi connectivity index (χ3n) is 5.29. The molecule has 0 saturated heterocycles. The molecular weight excluding hydrogens is 496 g/mol. The summed E-state index contributed by atoms with van der Waals surface area (Å²) in [5, 5.41) is 2.89. The number of halogens is 1. The number of nitrogens with zero attached hydrogens (tertiary/aromatic N) is 1. The van der Waals surface area contributed by atoms with Crippen LogP contribution in [0.3, 0.4) is 0 Å². The molecule has 0 aromatic heterocycles. The van der Waals surface area contributed by atoms with Crippen molar-refractivity contribution in [2.75, 3.05) is 20.3 Å². The van der Waals surface area contributed by atoms with Crippen LogP contribution in [0.2, 0.25) is 0 Å². The van der Waals surface area contributed by atoms with E-state index in [4.69, 9.17) is 9.47 Å². The fourth-order valence-electron chi connectivity index (χ4n) is 3.57. The highest BCUT2D eigenvalue weighted by Gasteiger charge is 2.30. The molecule has 7 heteroatoms. The van der Waals surface area contributed by atoms with E-state index in [2.05, 4.69) is 21.2 Å². The van der Waals surface area contributed by atoms with E-state index in [-0.39, 0.29) is 25.0 Å². The van der Waals surface area contributed by atoms with Gasteiger partial charge in [-0.3, -0.25) is 9.59 Å². The SMILES string of the molecule is CCNC(=O)C(Cc1ccccc1)N(Cc1cccc(OC)c1)C(=O)COc1ccc(Br)cc1. The van der Waals surface area contributed by atoms with Crippen LogP contribution in [-0.4, -0.2) is 43.0 Å². The molecule has 1 atom stereocenters. The molecule has 0 heterocycles. The van der Waals surface area contributed by atoms with E-state index in [0.29, 0.717) is 24.5 Å². The number of benzene rings is 3. The summed E-state index contributed by atoms with van der Waals surface area (Å²) in [4.78, 5) is 28.2. The van der Waals surface area contributed by atoms with Crippen LogP contribution in [0.1, 0.15) is 18.1 Å². The number of amides is 2. The van der Waals surface area contributed by atoms with Gasteiger partial charge in [0.1, 0.15) is 17.5 Å². The van der Waals surface area contributed by atoms with Crippen molar-refractivity contribution in [2.24, 2.45) is 0 Å². The molecule has 3 aromatic rings. The summed E-state index contributed by atoms with van der Waals surface area (Å²) in [6, 6.07) is 23.8. The quantitative estimate of drug-likeness (QED) is 0.397. The predicted octanol–water partition coefficient (Wildman–Crippen LogP) is 4.61. The molecule has 0 aliphatic rings. The van der Waals surface area contributed by atoms with E-state index in [1.54, 1.807) is 24.1 Å². The molecule has 0 saturated carbocycles. The fourth-order valence-corrected chi connectivity index (χ4v) is 3.84. The average molecular weight is 525 g/mol. The van der Waals surface area contributed by atoms with Crippen LogP contribution >= 0.6 is 15.9 Å². The average Bonchev–Trinajstić information content (AvgIpc) is 2.86. The molecule has 0 radical (unpaired) electrons. The van der Waals surface area contributed by atoms with Crippen LogP contribution in [0, 0.1) is 0 Å². The first kappa shape index (κ1) is 25.3. The maximum absolute atomic E-state index is 13.5. The molecule has 0 aliphatic heterocycles. The molecule has 0 aliphatic carbocycles. The van der Waals surface area contributed by atoms with Crippen LogP contribution in [0.25, 0.3) is 0 Å². The fraction of sp³-hybridized carbons (Fsp3) is 0.259. The lowest BCUT2D eigenvalue weighted by molar-refractivity contribution is -0.142. The van der Waals surface area contributed by atoms with Gasteiger partial charge in [-0.15, -0.1) is 0 Å². The minimum atomic E-state index is -0.699. The Labute approximate surface area is 209 Å². The molecule has 3 rings (SSSR count). The van der Waals surface area contributed by atoms with E-state index in [1.807, 2.05) is 73.7 Å². The second-order valence-electron chi connectivity index (χ2n) is 7.72. The van der Waals surface area contributed by atoms with Crippen molar-refractivity contribution in [3.8, 4) is 11.5 Å². The van der Waals surface area contributed by atoms with E-state index < -0.39 is 6.04 Å². The largest absolute Gasteiger partial charge is 0.497 e. The van der Waals surface area contributed by atoms with Gasteiger partial charge in [0.2, 0.25) is 5.91 Å². The Morgan fingerprint density at radius 1 is 0.941 bits per heavy atom. The monoisotopic (exact) mass is 524 g/mol. The number of ether oxygens (including phenoxy) is 2. The van der Waals surface area contributed by atoms with Gasteiger partial charge in [0, 0.05) is 24.0 Å². The summed E-state index contributed by atoms with van der Waals surface area (Å²) in [6.07, 6.45) is 0.390. The standard InChI is InChI=1S/C27H29BrN2O4/c1-3-29-27(32)25(17-20-8-5-4-6-9-20)30(18-21-10-7-11-24(16-21)33-2)26(31)19-34-23-14-12-22(28)13-15-23/h4-16,25H,3,17-19H2,1-2H3,(H,29,32). The van der Waals surface area contributed by atoms with Gasteiger partial charge in [-0.2, -0.15) is 0 Å². The van der Waals surface area contributed by atoms with E-state index in [9.17, 15) is 9.59 Å². The molecule has 0 spiro atoms. The van der Waals surface area contributed by atoms with Crippen molar-refractivity contribution in [3.05, 3.63) is 94.5 Å². The normalized spacial score (nSPS) is 11.4. The van der Waals surface area contributed by atoms with Crippen molar-refractivity contribution in [1.82, 2.24) is 10.2 Å². The number of hydrogen-bond donors (Lipinski definition) is 1. The smallest absolute Gasteiger partial charge is 0.261 e. The Hall–Kier alpha value is -3.32. The van der Waals surface area contributed by atoms with Gasteiger partial charge in [0.25, 0.3) is 5.91 Å². The minimum Gasteiger partial charge on any atom is -0.497 e. The molecular formula is C27H29BrN2O4. The van der Waals surface area contributed by atoms with Gasteiger partial charge in [0.05, 0.1) is 7.11 Å². The number of carbonyl (C=O) groups is 2.